The van der Waals surface area contributed by atoms with Crippen LogP contribution in [0.1, 0.15) is 31.2 Å². The number of anilines is 3. The summed E-state index contributed by atoms with van der Waals surface area (Å²) in [5, 5.41) is 10.6. The van der Waals surface area contributed by atoms with Crippen LogP contribution in [0.3, 0.4) is 0 Å². The van der Waals surface area contributed by atoms with Gasteiger partial charge in [0.15, 0.2) is 5.11 Å². The van der Waals surface area contributed by atoms with Crippen molar-refractivity contribution in [2.24, 2.45) is 0 Å². The lowest BCUT2D eigenvalue weighted by molar-refractivity contribution is 0.379. The molecule has 2 atom stereocenters. The fraction of sp³-hybridized carbons (Fsp3) is 0.429. The molecule has 1 saturated carbocycles. The summed E-state index contributed by atoms with van der Waals surface area (Å²) in [6, 6.07) is 6.93. The van der Waals surface area contributed by atoms with E-state index in [-0.39, 0.29) is 17.1 Å². The van der Waals surface area contributed by atoms with E-state index in [1.165, 1.54) is 12.1 Å². The molecule has 1 aliphatic carbocycles. The zero-order valence-electron chi connectivity index (χ0n) is 16.9. The Bertz CT molecular complexity index is 876. The molecule has 1 aliphatic rings. The van der Waals surface area contributed by atoms with Gasteiger partial charge in [-0.15, -0.1) is 0 Å². The second kappa shape index (κ2) is 9.59. The summed E-state index contributed by atoms with van der Waals surface area (Å²) in [4.78, 5) is 6.64. The number of hydrogen-bond donors (Lipinski definition) is 3. The SMILES string of the molecule is Cc1cnc(NC2CCCCC2NC(=S)Nc2ccc(F)c(Cl)c2)cc1N(C)C. The van der Waals surface area contributed by atoms with E-state index in [1.54, 1.807) is 6.07 Å². The Morgan fingerprint density at radius 2 is 1.93 bits per heavy atom. The van der Waals surface area contributed by atoms with Crippen LogP contribution in [0.15, 0.2) is 30.5 Å². The predicted octanol–water partition coefficient (Wildman–Crippen LogP) is 4.96. The molecule has 0 bridgehead atoms. The summed E-state index contributed by atoms with van der Waals surface area (Å²) >= 11 is 11.3. The molecule has 1 heterocycles. The van der Waals surface area contributed by atoms with Gasteiger partial charge < -0.3 is 20.9 Å². The molecule has 2 aromatic rings. The molecule has 1 aromatic heterocycles. The van der Waals surface area contributed by atoms with Gasteiger partial charge in [0, 0.05) is 49.8 Å². The standard InChI is InChI=1S/C21H27ClFN5S/c1-13-12-24-20(11-19(13)28(2)3)26-17-6-4-5-7-18(17)27-21(29)25-14-8-9-16(23)15(22)10-14/h8-12,17-18H,4-7H2,1-3H3,(H,24,26)(H2,25,27,29). The first kappa shape index (κ1) is 21.6. The minimum atomic E-state index is -0.449. The number of benzene rings is 1. The number of rotatable bonds is 5. The first-order valence-electron chi connectivity index (χ1n) is 9.76. The Morgan fingerprint density at radius 3 is 2.62 bits per heavy atom. The van der Waals surface area contributed by atoms with Gasteiger partial charge in [-0.1, -0.05) is 24.4 Å². The molecule has 5 nitrogen and oxygen atoms in total. The summed E-state index contributed by atoms with van der Waals surface area (Å²) in [5.74, 6) is 0.414. The summed E-state index contributed by atoms with van der Waals surface area (Å²) < 4.78 is 13.3. The lowest BCUT2D eigenvalue weighted by atomic mass is 9.90. The lowest BCUT2D eigenvalue weighted by Crippen LogP contribution is -2.49. The van der Waals surface area contributed by atoms with Gasteiger partial charge >= 0.3 is 0 Å². The van der Waals surface area contributed by atoms with Crippen LogP contribution in [0.5, 0.6) is 0 Å². The van der Waals surface area contributed by atoms with Crippen LogP contribution < -0.4 is 20.9 Å². The van der Waals surface area contributed by atoms with Crippen LogP contribution in [-0.2, 0) is 0 Å². The number of hydrogen-bond acceptors (Lipinski definition) is 4. The second-order valence-corrected chi connectivity index (χ2v) is 8.44. The molecule has 0 aliphatic heterocycles. The third kappa shape index (κ3) is 5.70. The minimum absolute atomic E-state index is 0.0668. The molecule has 0 amide bonds. The van der Waals surface area contributed by atoms with Gasteiger partial charge in [0.25, 0.3) is 0 Å². The van der Waals surface area contributed by atoms with Crippen LogP contribution in [0, 0.1) is 12.7 Å². The topological polar surface area (TPSA) is 52.2 Å². The van der Waals surface area contributed by atoms with Crippen molar-refractivity contribution < 1.29 is 4.39 Å². The largest absolute Gasteiger partial charge is 0.377 e. The predicted molar refractivity (Wildman–Crippen MR) is 124 cm³/mol. The van der Waals surface area contributed by atoms with Gasteiger partial charge in [0.1, 0.15) is 11.6 Å². The van der Waals surface area contributed by atoms with E-state index in [0.717, 1.165) is 42.8 Å². The average molecular weight is 436 g/mol. The second-order valence-electron chi connectivity index (χ2n) is 7.62. The Balaban J connectivity index is 1.65. The fourth-order valence-electron chi connectivity index (χ4n) is 3.65. The fourth-order valence-corrected chi connectivity index (χ4v) is 4.10. The monoisotopic (exact) mass is 435 g/mol. The summed E-state index contributed by atoms with van der Waals surface area (Å²) in [6.45, 7) is 2.06. The molecule has 0 saturated heterocycles. The van der Waals surface area contributed by atoms with Gasteiger partial charge in [0.2, 0.25) is 0 Å². The van der Waals surface area contributed by atoms with Crippen LogP contribution >= 0.6 is 23.8 Å². The normalized spacial score (nSPS) is 18.8. The molecule has 29 heavy (non-hydrogen) atoms. The molecule has 3 N–H and O–H groups in total. The Kier molecular flexibility index (Phi) is 7.14. The number of pyridine rings is 1. The highest BCUT2D eigenvalue weighted by Crippen LogP contribution is 2.25. The van der Waals surface area contributed by atoms with Crippen LogP contribution in [0.4, 0.5) is 21.6 Å². The summed E-state index contributed by atoms with van der Waals surface area (Å²) in [6.07, 6.45) is 6.25. The van der Waals surface area contributed by atoms with E-state index in [1.807, 2.05) is 20.3 Å². The summed E-state index contributed by atoms with van der Waals surface area (Å²) in [7, 11) is 4.06. The Hall–Kier alpha value is -2.12. The van der Waals surface area contributed by atoms with Crippen molar-refractivity contribution in [3.63, 3.8) is 0 Å². The van der Waals surface area contributed by atoms with Crippen molar-refractivity contribution >= 4 is 46.1 Å². The van der Waals surface area contributed by atoms with Gasteiger partial charge in [-0.2, -0.15) is 0 Å². The number of thiocarbonyl (C=S) groups is 1. The van der Waals surface area contributed by atoms with E-state index >= 15 is 0 Å². The van der Waals surface area contributed by atoms with E-state index < -0.39 is 5.82 Å². The van der Waals surface area contributed by atoms with Gasteiger partial charge in [-0.25, -0.2) is 9.37 Å². The summed E-state index contributed by atoms with van der Waals surface area (Å²) in [5.41, 5.74) is 2.94. The van der Waals surface area contributed by atoms with Crippen molar-refractivity contribution in [1.29, 1.82) is 0 Å². The van der Waals surface area contributed by atoms with Crippen molar-refractivity contribution in [1.82, 2.24) is 10.3 Å². The number of aryl methyl sites for hydroxylation is 1. The van der Waals surface area contributed by atoms with Gasteiger partial charge in [-0.3, -0.25) is 0 Å². The number of nitrogens with zero attached hydrogens (tertiary/aromatic N) is 2. The molecule has 8 heteroatoms. The first-order chi connectivity index (χ1) is 13.8. The molecule has 1 fully saturated rings. The zero-order valence-corrected chi connectivity index (χ0v) is 18.5. The average Bonchev–Trinajstić information content (AvgIpc) is 2.67. The molecule has 156 valence electrons. The highest BCUT2D eigenvalue weighted by atomic mass is 35.5. The molecular weight excluding hydrogens is 409 g/mol. The molecular formula is C21H27ClFN5S. The van der Waals surface area contributed by atoms with E-state index in [0.29, 0.717) is 10.8 Å². The maximum absolute atomic E-state index is 13.3. The lowest BCUT2D eigenvalue weighted by Gasteiger charge is -2.34. The van der Waals surface area contributed by atoms with Crippen LogP contribution in [0.2, 0.25) is 5.02 Å². The molecule has 3 rings (SSSR count). The quantitative estimate of drug-likeness (QED) is 0.577. The Morgan fingerprint density at radius 1 is 1.21 bits per heavy atom. The maximum Gasteiger partial charge on any atom is 0.171 e. The van der Waals surface area contributed by atoms with Crippen LogP contribution in [-0.4, -0.2) is 36.3 Å². The van der Waals surface area contributed by atoms with Crippen molar-refractivity contribution in [3.8, 4) is 0 Å². The van der Waals surface area contributed by atoms with E-state index in [4.69, 9.17) is 23.8 Å². The zero-order chi connectivity index (χ0) is 21.0. The van der Waals surface area contributed by atoms with E-state index in [9.17, 15) is 4.39 Å². The first-order valence-corrected chi connectivity index (χ1v) is 10.5. The van der Waals surface area contributed by atoms with E-state index in [2.05, 4.69) is 38.8 Å². The van der Waals surface area contributed by atoms with Gasteiger partial charge in [0.05, 0.1) is 5.02 Å². The highest BCUT2D eigenvalue weighted by molar-refractivity contribution is 7.80. The third-order valence-electron chi connectivity index (χ3n) is 5.15. The maximum atomic E-state index is 13.3. The van der Waals surface area contributed by atoms with Gasteiger partial charge in [-0.05, 0) is 55.7 Å². The van der Waals surface area contributed by atoms with Crippen LogP contribution in [0.25, 0.3) is 0 Å². The number of aromatic nitrogens is 1. The third-order valence-corrected chi connectivity index (χ3v) is 5.66. The van der Waals surface area contributed by atoms with Crippen molar-refractivity contribution in [2.75, 3.05) is 29.6 Å². The molecule has 1 aromatic carbocycles. The Labute approximate surface area is 182 Å². The highest BCUT2D eigenvalue weighted by Gasteiger charge is 2.26. The number of halogens is 2. The minimum Gasteiger partial charge on any atom is -0.377 e. The smallest absolute Gasteiger partial charge is 0.171 e. The molecule has 0 spiro atoms. The molecule has 0 radical (unpaired) electrons. The number of nitrogens with one attached hydrogen (secondary N) is 3. The van der Waals surface area contributed by atoms with Crippen molar-refractivity contribution in [3.05, 3.63) is 46.9 Å². The molecule has 2 unspecified atom stereocenters. The van der Waals surface area contributed by atoms with Crippen molar-refractivity contribution in [2.45, 2.75) is 44.7 Å².